The van der Waals surface area contributed by atoms with Crippen LogP contribution in [-0.2, 0) is 9.47 Å². The van der Waals surface area contributed by atoms with Crippen LogP contribution in [-0.4, -0.2) is 32.3 Å². The lowest BCUT2D eigenvalue weighted by atomic mass is 10.1. The Morgan fingerprint density at radius 1 is 1.40 bits per heavy atom. The fraction of sp³-hybridized carbons (Fsp3) is 0.533. The van der Waals surface area contributed by atoms with Gasteiger partial charge in [0.1, 0.15) is 0 Å². The number of nitrogen functional groups attached to an aromatic ring is 1. The van der Waals surface area contributed by atoms with E-state index >= 15 is 0 Å². The number of hydrogen-bond acceptors (Lipinski definition) is 5. The Labute approximate surface area is 119 Å². The number of methoxy groups -OCH3 is 1. The zero-order valence-corrected chi connectivity index (χ0v) is 11.9. The SMILES string of the molecule is COC(=O)c1cccc(N)c1NCCOC1CCCC1. The molecule has 1 aromatic carbocycles. The second kappa shape index (κ2) is 7.14. The molecule has 0 radical (unpaired) electrons. The van der Waals surface area contributed by atoms with Gasteiger partial charge in [-0.3, -0.25) is 0 Å². The summed E-state index contributed by atoms with van der Waals surface area (Å²) in [6, 6.07) is 5.19. The lowest BCUT2D eigenvalue weighted by Crippen LogP contribution is -2.17. The summed E-state index contributed by atoms with van der Waals surface area (Å²) in [5.74, 6) is -0.392. The van der Waals surface area contributed by atoms with Gasteiger partial charge in [-0.05, 0) is 25.0 Å². The first-order valence-corrected chi connectivity index (χ1v) is 7.04. The minimum absolute atomic E-state index is 0.392. The van der Waals surface area contributed by atoms with Crippen LogP contribution in [0.25, 0.3) is 0 Å². The van der Waals surface area contributed by atoms with E-state index in [-0.39, 0.29) is 0 Å². The van der Waals surface area contributed by atoms with E-state index in [9.17, 15) is 4.79 Å². The molecule has 2 rings (SSSR count). The predicted octanol–water partition coefficient (Wildman–Crippen LogP) is 2.43. The molecule has 0 aliphatic heterocycles. The van der Waals surface area contributed by atoms with Crippen molar-refractivity contribution in [1.82, 2.24) is 0 Å². The number of esters is 1. The summed E-state index contributed by atoms with van der Waals surface area (Å²) < 4.78 is 10.5. The third kappa shape index (κ3) is 3.63. The maximum absolute atomic E-state index is 11.7. The van der Waals surface area contributed by atoms with Gasteiger partial charge in [-0.1, -0.05) is 18.9 Å². The Morgan fingerprint density at radius 2 is 2.15 bits per heavy atom. The van der Waals surface area contributed by atoms with Crippen LogP contribution in [0.5, 0.6) is 0 Å². The Kier molecular flexibility index (Phi) is 5.24. The van der Waals surface area contributed by atoms with Crippen molar-refractivity contribution in [3.8, 4) is 0 Å². The molecule has 1 aliphatic rings. The molecule has 0 atom stereocenters. The fourth-order valence-corrected chi connectivity index (χ4v) is 2.50. The number of benzene rings is 1. The Hall–Kier alpha value is -1.75. The molecule has 0 bridgehead atoms. The van der Waals surface area contributed by atoms with Gasteiger partial charge in [0, 0.05) is 6.54 Å². The van der Waals surface area contributed by atoms with Crippen molar-refractivity contribution in [1.29, 1.82) is 0 Å². The first-order chi connectivity index (χ1) is 9.72. The average Bonchev–Trinajstić information content (AvgIpc) is 2.97. The topological polar surface area (TPSA) is 73.6 Å². The minimum atomic E-state index is -0.392. The van der Waals surface area contributed by atoms with Crippen molar-refractivity contribution in [2.45, 2.75) is 31.8 Å². The van der Waals surface area contributed by atoms with E-state index in [1.807, 2.05) is 0 Å². The van der Waals surface area contributed by atoms with E-state index in [0.717, 1.165) is 12.8 Å². The van der Waals surface area contributed by atoms with E-state index in [1.165, 1.54) is 20.0 Å². The monoisotopic (exact) mass is 278 g/mol. The highest BCUT2D eigenvalue weighted by atomic mass is 16.5. The largest absolute Gasteiger partial charge is 0.465 e. The number of ether oxygens (including phenoxy) is 2. The van der Waals surface area contributed by atoms with E-state index in [1.54, 1.807) is 18.2 Å². The van der Waals surface area contributed by atoms with Gasteiger partial charge in [0.15, 0.2) is 0 Å². The molecule has 110 valence electrons. The molecule has 0 aromatic heterocycles. The van der Waals surface area contributed by atoms with Crippen LogP contribution in [0.4, 0.5) is 11.4 Å². The lowest BCUT2D eigenvalue weighted by Gasteiger charge is -2.15. The van der Waals surface area contributed by atoms with E-state index < -0.39 is 5.97 Å². The molecule has 0 spiro atoms. The van der Waals surface area contributed by atoms with Crippen LogP contribution in [0.1, 0.15) is 36.0 Å². The van der Waals surface area contributed by atoms with Gasteiger partial charge in [0.2, 0.25) is 0 Å². The zero-order valence-electron chi connectivity index (χ0n) is 11.9. The van der Waals surface area contributed by atoms with Crippen LogP contribution in [0.3, 0.4) is 0 Å². The molecule has 3 N–H and O–H groups in total. The maximum Gasteiger partial charge on any atom is 0.340 e. The molecule has 0 heterocycles. The number of rotatable bonds is 6. The summed E-state index contributed by atoms with van der Waals surface area (Å²) in [5, 5.41) is 3.17. The standard InChI is InChI=1S/C15H22N2O3/c1-19-15(18)12-7-4-8-13(16)14(12)17-9-10-20-11-5-2-3-6-11/h4,7-8,11,17H,2-3,5-6,9-10,16H2,1H3. The predicted molar refractivity (Wildman–Crippen MR) is 78.9 cm³/mol. The Bertz CT molecular complexity index is 456. The molecule has 5 heteroatoms. The van der Waals surface area contributed by atoms with Crippen LogP contribution < -0.4 is 11.1 Å². The molecular weight excluding hydrogens is 256 g/mol. The van der Waals surface area contributed by atoms with Crippen LogP contribution >= 0.6 is 0 Å². The summed E-state index contributed by atoms with van der Waals surface area (Å²) >= 11 is 0. The summed E-state index contributed by atoms with van der Waals surface area (Å²) in [4.78, 5) is 11.7. The van der Waals surface area contributed by atoms with E-state index in [0.29, 0.717) is 36.2 Å². The molecular formula is C15H22N2O3. The quantitative estimate of drug-likeness (QED) is 0.475. The first-order valence-electron chi connectivity index (χ1n) is 7.04. The number of nitrogens with two attached hydrogens (primary N) is 1. The van der Waals surface area contributed by atoms with Crippen LogP contribution in [0.2, 0.25) is 0 Å². The molecule has 0 unspecified atom stereocenters. The fourth-order valence-electron chi connectivity index (χ4n) is 2.50. The second-order valence-corrected chi connectivity index (χ2v) is 4.97. The molecule has 0 amide bonds. The number of hydrogen-bond donors (Lipinski definition) is 2. The van der Waals surface area contributed by atoms with Crippen molar-refractivity contribution in [2.24, 2.45) is 0 Å². The summed E-state index contributed by atoms with van der Waals surface area (Å²) in [5.41, 5.74) is 7.52. The molecule has 20 heavy (non-hydrogen) atoms. The van der Waals surface area contributed by atoms with Crippen molar-refractivity contribution >= 4 is 17.3 Å². The van der Waals surface area contributed by atoms with Crippen molar-refractivity contribution in [2.75, 3.05) is 31.3 Å². The van der Waals surface area contributed by atoms with Gasteiger partial charge in [0.25, 0.3) is 0 Å². The van der Waals surface area contributed by atoms with Gasteiger partial charge in [-0.25, -0.2) is 4.79 Å². The average molecular weight is 278 g/mol. The summed E-state index contributed by atoms with van der Waals surface area (Å²) in [6.07, 6.45) is 5.22. The van der Waals surface area contributed by atoms with Crippen LogP contribution in [0, 0.1) is 0 Å². The third-order valence-corrected chi connectivity index (χ3v) is 3.56. The third-order valence-electron chi connectivity index (χ3n) is 3.56. The smallest absolute Gasteiger partial charge is 0.340 e. The summed E-state index contributed by atoms with van der Waals surface area (Å²) in [6.45, 7) is 1.23. The molecule has 0 saturated heterocycles. The highest BCUT2D eigenvalue weighted by Gasteiger charge is 2.16. The first kappa shape index (κ1) is 14.7. The molecule has 1 aromatic rings. The number of nitrogens with one attached hydrogen (secondary N) is 1. The molecule has 1 aliphatic carbocycles. The molecule has 5 nitrogen and oxygen atoms in total. The van der Waals surface area contributed by atoms with Gasteiger partial charge >= 0.3 is 5.97 Å². The van der Waals surface area contributed by atoms with E-state index in [4.69, 9.17) is 15.2 Å². The lowest BCUT2D eigenvalue weighted by molar-refractivity contribution is 0.0599. The highest BCUT2D eigenvalue weighted by Crippen LogP contribution is 2.24. The van der Waals surface area contributed by atoms with Crippen molar-refractivity contribution in [3.05, 3.63) is 23.8 Å². The van der Waals surface area contributed by atoms with Crippen LogP contribution in [0.15, 0.2) is 18.2 Å². The zero-order chi connectivity index (χ0) is 14.4. The van der Waals surface area contributed by atoms with Crippen molar-refractivity contribution in [3.63, 3.8) is 0 Å². The highest BCUT2D eigenvalue weighted by molar-refractivity contribution is 5.98. The minimum Gasteiger partial charge on any atom is -0.465 e. The Morgan fingerprint density at radius 3 is 2.85 bits per heavy atom. The second-order valence-electron chi connectivity index (χ2n) is 4.97. The summed E-state index contributed by atoms with van der Waals surface area (Å²) in [7, 11) is 1.36. The maximum atomic E-state index is 11.7. The number of para-hydroxylation sites is 1. The number of anilines is 2. The van der Waals surface area contributed by atoms with Gasteiger partial charge in [-0.15, -0.1) is 0 Å². The normalized spacial score (nSPS) is 15.2. The van der Waals surface area contributed by atoms with Gasteiger partial charge in [-0.2, -0.15) is 0 Å². The number of carbonyl (C=O) groups is 1. The number of carbonyl (C=O) groups excluding carboxylic acids is 1. The van der Waals surface area contributed by atoms with Crippen molar-refractivity contribution < 1.29 is 14.3 Å². The van der Waals surface area contributed by atoms with Gasteiger partial charge in [0.05, 0.1) is 36.8 Å². The Balaban J connectivity index is 1.89. The molecule has 1 fully saturated rings. The molecule has 1 saturated carbocycles. The van der Waals surface area contributed by atoms with E-state index in [2.05, 4.69) is 5.32 Å². The van der Waals surface area contributed by atoms with Gasteiger partial charge < -0.3 is 20.5 Å².